The van der Waals surface area contributed by atoms with E-state index in [2.05, 4.69) is 261 Å². The van der Waals surface area contributed by atoms with Crippen LogP contribution in [-0.2, 0) is 5.41 Å². The highest BCUT2D eigenvalue weighted by molar-refractivity contribution is 5.98. The van der Waals surface area contributed by atoms with E-state index in [4.69, 9.17) is 9.97 Å². The van der Waals surface area contributed by atoms with Crippen LogP contribution in [0.2, 0.25) is 0 Å². The van der Waals surface area contributed by atoms with Gasteiger partial charge in [-0.05, 0) is 138 Å². The van der Waals surface area contributed by atoms with E-state index in [1.807, 2.05) is 6.20 Å². The molecule has 0 amide bonds. The van der Waals surface area contributed by atoms with Crippen molar-refractivity contribution in [1.82, 2.24) is 14.5 Å². The van der Waals surface area contributed by atoms with Gasteiger partial charge in [-0.3, -0.25) is 9.55 Å². The second kappa shape index (κ2) is 18.8. The predicted molar refractivity (Wildman–Crippen MR) is 299 cm³/mol. The molecule has 1 N–H and O–H groups in total. The molecule has 0 aliphatic rings. The number of nitrogens with zero attached hydrogens (tertiary/aromatic N) is 3. The Morgan fingerprint density at radius 3 is 1.65 bits per heavy atom. The number of phenols is 1. The molecule has 8 aromatic carbocycles. The van der Waals surface area contributed by atoms with Gasteiger partial charge in [0.1, 0.15) is 11.6 Å². The molecule has 0 saturated heterocycles. The normalized spacial score (nSPS) is 12.0. The summed E-state index contributed by atoms with van der Waals surface area (Å²) in [6.45, 7) is 20.4. The topological polar surface area (TPSA) is 50.9 Å². The van der Waals surface area contributed by atoms with Crippen LogP contribution in [0.25, 0.3) is 95.0 Å². The van der Waals surface area contributed by atoms with Gasteiger partial charge in [0.15, 0.2) is 0 Å². The average Bonchev–Trinajstić information content (AvgIpc) is 3.78. The summed E-state index contributed by atoms with van der Waals surface area (Å²) in [6.07, 6.45) is 1.92. The van der Waals surface area contributed by atoms with Gasteiger partial charge in [0, 0.05) is 22.9 Å². The molecule has 0 saturated carbocycles. The lowest BCUT2D eigenvalue weighted by Crippen LogP contribution is -2.34. The van der Waals surface area contributed by atoms with Gasteiger partial charge in [-0.2, -0.15) is 0 Å². The monoisotopic (exact) mass is 925 g/mol. The summed E-state index contributed by atoms with van der Waals surface area (Å²) in [7, 11) is 0. The second-order valence-electron chi connectivity index (χ2n) is 21.3. The molecule has 10 aromatic rings. The van der Waals surface area contributed by atoms with Crippen LogP contribution in [-0.4, -0.2) is 19.6 Å². The Labute approximate surface area is 420 Å². The van der Waals surface area contributed by atoms with Crippen molar-refractivity contribution in [1.29, 1.82) is 0 Å². The molecular formula is C67H63N3O. The molecule has 0 aliphatic heterocycles. The third-order valence-corrected chi connectivity index (χ3v) is 15.0. The van der Waals surface area contributed by atoms with Crippen LogP contribution in [0.4, 0.5) is 0 Å². The molecule has 0 spiro atoms. The van der Waals surface area contributed by atoms with E-state index in [1.165, 1.54) is 16.7 Å². The van der Waals surface area contributed by atoms with Gasteiger partial charge in [0.25, 0.3) is 0 Å². The lowest BCUT2D eigenvalue weighted by molar-refractivity contribution is 0.225. The van der Waals surface area contributed by atoms with Crippen LogP contribution < -0.4 is 0 Å². The van der Waals surface area contributed by atoms with Gasteiger partial charge in [-0.1, -0.05) is 202 Å². The molecular weight excluding hydrogens is 863 g/mol. The van der Waals surface area contributed by atoms with E-state index in [0.29, 0.717) is 5.82 Å². The molecule has 4 nitrogen and oxygen atoms in total. The van der Waals surface area contributed by atoms with Crippen molar-refractivity contribution in [2.75, 3.05) is 0 Å². The fraction of sp³-hybridized carbons (Fsp3) is 0.194. The highest BCUT2D eigenvalue weighted by atomic mass is 16.3. The summed E-state index contributed by atoms with van der Waals surface area (Å²) in [5.74, 6) is 1.29. The zero-order chi connectivity index (χ0) is 49.6. The maximum Gasteiger partial charge on any atom is 0.149 e. The van der Waals surface area contributed by atoms with Crippen molar-refractivity contribution < 1.29 is 5.11 Å². The first-order valence-corrected chi connectivity index (χ1v) is 25.1. The Bertz CT molecular complexity index is 3520. The number of imidazole rings is 1. The smallest absolute Gasteiger partial charge is 0.149 e. The minimum Gasteiger partial charge on any atom is -0.507 e. The van der Waals surface area contributed by atoms with Crippen molar-refractivity contribution in [3.8, 4) is 89.7 Å². The number of pyridine rings is 1. The summed E-state index contributed by atoms with van der Waals surface area (Å²) in [5.41, 5.74) is 19.6. The molecule has 2 aromatic heterocycles. The van der Waals surface area contributed by atoms with E-state index < -0.39 is 0 Å². The van der Waals surface area contributed by atoms with E-state index in [1.54, 1.807) is 0 Å². The molecule has 10 rings (SSSR count). The van der Waals surface area contributed by atoms with Crippen LogP contribution in [0.5, 0.6) is 5.75 Å². The minimum atomic E-state index is -0.138. The number of hydrogen-bond donors (Lipinski definition) is 1. The van der Waals surface area contributed by atoms with Gasteiger partial charge < -0.3 is 5.11 Å². The summed E-state index contributed by atoms with van der Waals surface area (Å²) in [5, 5.41) is 12.5. The SMILES string of the molecule is CC(C)c1cc(-c2nc3c(-c4cc(-c5ccccc5)cc(-c5cc(-c6ccc(-c7ccccc7)cc6)ccn5)c4)cccc3n2-c2ccc(C(C)(C)C(C)(C)C)cc2-c2ccccc2)c(O)c(C(C)C)c1. The maximum atomic E-state index is 12.5. The first kappa shape index (κ1) is 46.9. The van der Waals surface area contributed by atoms with Crippen molar-refractivity contribution in [3.63, 3.8) is 0 Å². The van der Waals surface area contributed by atoms with Crippen molar-refractivity contribution >= 4 is 11.0 Å². The molecule has 71 heavy (non-hydrogen) atoms. The number of benzene rings is 8. The Hall–Kier alpha value is -7.82. The third-order valence-electron chi connectivity index (χ3n) is 15.0. The van der Waals surface area contributed by atoms with E-state index >= 15 is 0 Å². The lowest BCUT2D eigenvalue weighted by Gasteiger charge is -2.40. The standard InChI is InChI=1S/C67H63N3O/c1-43(2)51-39-57(44(3)4)64(71)59(40-51)65-69-63-56(26-19-27-62(63)70(65)61-33-32-55(67(8,9)66(5,6)7)42-58(61)49-24-17-12-18-25-49)53-36-52(46-22-15-11-16-23-46)37-54(38-53)60-41-50(34-35-68-60)48-30-28-47(29-31-48)45-20-13-10-14-21-45/h10-44,71H,1-9H3. The molecule has 2 heterocycles. The van der Waals surface area contributed by atoms with Gasteiger partial charge in [0.05, 0.1) is 28.0 Å². The molecule has 4 heteroatoms. The lowest BCUT2D eigenvalue weighted by atomic mass is 9.65. The number of rotatable bonds is 11. The van der Waals surface area contributed by atoms with Gasteiger partial charge in [-0.25, -0.2) is 4.98 Å². The summed E-state index contributed by atoms with van der Waals surface area (Å²) < 4.78 is 2.30. The van der Waals surface area contributed by atoms with Crippen LogP contribution >= 0.6 is 0 Å². The Kier molecular flexibility index (Phi) is 12.4. The van der Waals surface area contributed by atoms with Crippen LogP contribution in [0.3, 0.4) is 0 Å². The fourth-order valence-electron chi connectivity index (χ4n) is 9.76. The molecule has 0 radical (unpaired) electrons. The van der Waals surface area contributed by atoms with E-state index in [9.17, 15) is 5.11 Å². The Morgan fingerprint density at radius 2 is 1.03 bits per heavy atom. The molecule has 352 valence electrons. The van der Waals surface area contributed by atoms with Gasteiger partial charge >= 0.3 is 0 Å². The largest absolute Gasteiger partial charge is 0.507 e. The van der Waals surface area contributed by atoms with E-state index in [0.717, 1.165) is 89.2 Å². The van der Waals surface area contributed by atoms with Crippen molar-refractivity contribution in [2.45, 2.75) is 79.6 Å². The maximum absolute atomic E-state index is 12.5. The third kappa shape index (κ3) is 9.00. The molecule has 0 unspecified atom stereocenters. The van der Waals surface area contributed by atoms with Crippen molar-refractivity contribution in [2.24, 2.45) is 5.41 Å². The number of hydrogen-bond acceptors (Lipinski definition) is 3. The minimum absolute atomic E-state index is 0.00131. The summed E-state index contributed by atoms with van der Waals surface area (Å²) in [4.78, 5) is 10.7. The zero-order valence-electron chi connectivity index (χ0n) is 42.5. The number of aromatic hydroxyl groups is 1. The predicted octanol–water partition coefficient (Wildman–Crippen LogP) is 18.4. The molecule has 0 aliphatic carbocycles. The van der Waals surface area contributed by atoms with Gasteiger partial charge in [-0.15, -0.1) is 0 Å². The number of para-hydroxylation sites is 1. The highest BCUT2D eigenvalue weighted by Crippen LogP contribution is 2.47. The molecule has 0 atom stereocenters. The molecule has 0 bridgehead atoms. The average molecular weight is 926 g/mol. The number of fused-ring (bicyclic) bond motifs is 1. The van der Waals surface area contributed by atoms with Gasteiger partial charge in [0.2, 0.25) is 0 Å². The van der Waals surface area contributed by atoms with Crippen molar-refractivity contribution in [3.05, 3.63) is 217 Å². The quantitative estimate of drug-likeness (QED) is 0.141. The summed E-state index contributed by atoms with van der Waals surface area (Å²) in [6, 6.07) is 69.4. The molecule has 0 fully saturated rings. The fourth-order valence-corrected chi connectivity index (χ4v) is 9.76. The number of aromatic nitrogens is 3. The highest BCUT2D eigenvalue weighted by Gasteiger charge is 2.35. The Balaban J connectivity index is 1.22. The van der Waals surface area contributed by atoms with Crippen LogP contribution in [0, 0.1) is 5.41 Å². The van der Waals surface area contributed by atoms with Crippen LogP contribution in [0.15, 0.2) is 200 Å². The zero-order valence-corrected chi connectivity index (χ0v) is 42.5. The first-order chi connectivity index (χ1) is 34.2. The van der Waals surface area contributed by atoms with Crippen LogP contribution in [0.1, 0.15) is 90.8 Å². The summed E-state index contributed by atoms with van der Waals surface area (Å²) >= 11 is 0. The second-order valence-corrected chi connectivity index (χ2v) is 21.3. The first-order valence-electron chi connectivity index (χ1n) is 25.1. The number of phenolic OH excluding ortho intramolecular Hbond substituents is 1. The van der Waals surface area contributed by atoms with E-state index in [-0.39, 0.29) is 28.4 Å². The Morgan fingerprint density at radius 1 is 0.451 bits per heavy atom.